The van der Waals surface area contributed by atoms with Crippen molar-refractivity contribution in [2.24, 2.45) is 0 Å². The fourth-order valence-corrected chi connectivity index (χ4v) is 1.19. The van der Waals surface area contributed by atoms with Crippen LogP contribution in [0.3, 0.4) is 0 Å². The van der Waals surface area contributed by atoms with E-state index in [1.54, 1.807) is 12.1 Å². The summed E-state index contributed by atoms with van der Waals surface area (Å²) in [5, 5.41) is 13.0. The van der Waals surface area contributed by atoms with E-state index in [2.05, 4.69) is 5.32 Å². The van der Waals surface area contributed by atoms with Crippen molar-refractivity contribution < 1.29 is 24.2 Å². The largest absolute Gasteiger partial charge is 0.452 e. The van der Waals surface area contributed by atoms with Crippen molar-refractivity contribution in [2.75, 3.05) is 13.7 Å². The highest BCUT2D eigenvalue weighted by Crippen LogP contribution is 2.05. The molecule has 3 N–H and O–H groups in total. The van der Waals surface area contributed by atoms with Crippen molar-refractivity contribution in [3.8, 4) is 0 Å². The zero-order valence-corrected chi connectivity index (χ0v) is 10.3. The molecule has 0 bridgehead atoms. The van der Waals surface area contributed by atoms with Gasteiger partial charge in [0.05, 0.1) is 12.2 Å². The highest BCUT2D eigenvalue weighted by Gasteiger charge is 2.11. The van der Waals surface area contributed by atoms with Gasteiger partial charge in [-0.05, 0) is 17.7 Å². The molecule has 0 aliphatic rings. The van der Waals surface area contributed by atoms with Gasteiger partial charge in [0.25, 0.3) is 5.91 Å². The molecule has 0 saturated heterocycles. The number of carbonyl (C=O) groups excluding carboxylic acids is 3. The molecule has 1 rings (SSSR count). The SMILES string of the molecule is CNC(=O)NC(=O)COC(=O)c1ccc(CO)cc1. The van der Waals surface area contributed by atoms with Gasteiger partial charge in [0, 0.05) is 7.05 Å². The van der Waals surface area contributed by atoms with Crippen LogP contribution < -0.4 is 10.6 Å². The molecule has 0 spiro atoms. The molecule has 0 atom stereocenters. The van der Waals surface area contributed by atoms with Gasteiger partial charge in [0.1, 0.15) is 0 Å². The van der Waals surface area contributed by atoms with Gasteiger partial charge in [-0.2, -0.15) is 0 Å². The third-order valence-electron chi connectivity index (χ3n) is 2.19. The Bertz CT molecular complexity index is 470. The Morgan fingerprint density at radius 1 is 1.21 bits per heavy atom. The average Bonchev–Trinajstić information content (AvgIpc) is 2.44. The van der Waals surface area contributed by atoms with E-state index >= 15 is 0 Å². The molecule has 102 valence electrons. The minimum absolute atomic E-state index is 0.121. The van der Waals surface area contributed by atoms with E-state index in [9.17, 15) is 14.4 Å². The van der Waals surface area contributed by atoms with E-state index < -0.39 is 24.5 Å². The van der Waals surface area contributed by atoms with Crippen molar-refractivity contribution in [3.63, 3.8) is 0 Å². The number of imide groups is 1. The Balaban J connectivity index is 2.46. The highest BCUT2D eigenvalue weighted by molar-refractivity contribution is 5.96. The van der Waals surface area contributed by atoms with Gasteiger partial charge in [-0.25, -0.2) is 9.59 Å². The molecule has 0 aliphatic carbocycles. The van der Waals surface area contributed by atoms with Gasteiger partial charge in [0.2, 0.25) is 0 Å². The van der Waals surface area contributed by atoms with E-state index in [4.69, 9.17) is 9.84 Å². The van der Waals surface area contributed by atoms with Gasteiger partial charge < -0.3 is 15.2 Å². The van der Waals surface area contributed by atoms with Crippen LogP contribution in [0.15, 0.2) is 24.3 Å². The molecule has 0 aromatic heterocycles. The fraction of sp³-hybridized carbons (Fsp3) is 0.250. The second-order valence-corrected chi connectivity index (χ2v) is 3.56. The molecule has 1 aromatic rings. The van der Waals surface area contributed by atoms with Crippen LogP contribution in [0.4, 0.5) is 4.79 Å². The van der Waals surface area contributed by atoms with Crippen molar-refractivity contribution >= 4 is 17.9 Å². The van der Waals surface area contributed by atoms with Crippen LogP contribution in [0.25, 0.3) is 0 Å². The summed E-state index contributed by atoms with van der Waals surface area (Å²) in [4.78, 5) is 33.5. The Kier molecular flexibility index (Phi) is 5.49. The number of hydrogen-bond donors (Lipinski definition) is 3. The molecular formula is C12H14N2O5. The molecule has 0 saturated carbocycles. The highest BCUT2D eigenvalue weighted by atomic mass is 16.5. The Morgan fingerprint density at radius 2 is 1.84 bits per heavy atom. The maximum Gasteiger partial charge on any atom is 0.338 e. The van der Waals surface area contributed by atoms with Crippen LogP contribution in [0.1, 0.15) is 15.9 Å². The number of rotatable bonds is 4. The van der Waals surface area contributed by atoms with Crippen LogP contribution in [-0.2, 0) is 16.1 Å². The van der Waals surface area contributed by atoms with Crippen LogP contribution in [0.5, 0.6) is 0 Å². The van der Waals surface area contributed by atoms with Crippen molar-refractivity contribution in [2.45, 2.75) is 6.61 Å². The first kappa shape index (κ1) is 14.7. The van der Waals surface area contributed by atoms with Crippen LogP contribution >= 0.6 is 0 Å². The van der Waals surface area contributed by atoms with Crippen LogP contribution in [-0.4, -0.2) is 36.7 Å². The first-order valence-corrected chi connectivity index (χ1v) is 5.45. The number of nitrogens with one attached hydrogen (secondary N) is 2. The monoisotopic (exact) mass is 266 g/mol. The van der Waals surface area contributed by atoms with Crippen LogP contribution in [0, 0.1) is 0 Å². The summed E-state index contributed by atoms with van der Waals surface area (Å²) in [6.45, 7) is -0.669. The van der Waals surface area contributed by atoms with Crippen LogP contribution in [0.2, 0.25) is 0 Å². The van der Waals surface area contributed by atoms with Gasteiger partial charge in [-0.3, -0.25) is 10.1 Å². The predicted molar refractivity (Wildman–Crippen MR) is 65.2 cm³/mol. The standard InChI is InChI=1S/C12H14N2O5/c1-13-12(18)14-10(16)7-19-11(17)9-4-2-8(6-15)3-5-9/h2-5,15H,6-7H2,1H3,(H2,13,14,16,18). The molecule has 3 amide bonds. The second kappa shape index (κ2) is 7.12. The predicted octanol–water partition coefficient (Wildman–Crippen LogP) is -0.209. The number of esters is 1. The molecule has 0 unspecified atom stereocenters. The Morgan fingerprint density at radius 3 is 2.37 bits per heavy atom. The molecule has 0 heterocycles. The van der Waals surface area contributed by atoms with E-state index in [-0.39, 0.29) is 12.2 Å². The van der Waals surface area contributed by atoms with Crippen molar-refractivity contribution in [3.05, 3.63) is 35.4 Å². The summed E-state index contributed by atoms with van der Waals surface area (Å²) in [6.07, 6.45) is 0. The summed E-state index contributed by atoms with van der Waals surface area (Å²) in [7, 11) is 1.36. The molecule has 19 heavy (non-hydrogen) atoms. The number of amides is 3. The lowest BCUT2D eigenvalue weighted by Gasteiger charge is -2.05. The van der Waals surface area contributed by atoms with E-state index in [1.165, 1.54) is 19.2 Å². The maximum atomic E-state index is 11.5. The van der Waals surface area contributed by atoms with E-state index in [0.29, 0.717) is 5.56 Å². The van der Waals surface area contributed by atoms with E-state index in [1.807, 2.05) is 5.32 Å². The third-order valence-corrected chi connectivity index (χ3v) is 2.19. The first-order chi connectivity index (χ1) is 9.06. The minimum atomic E-state index is -0.723. The molecule has 0 radical (unpaired) electrons. The summed E-state index contributed by atoms with van der Waals surface area (Å²) in [6, 6.07) is 5.42. The number of hydrogen-bond acceptors (Lipinski definition) is 5. The molecule has 0 fully saturated rings. The van der Waals surface area contributed by atoms with Gasteiger partial charge in [0.15, 0.2) is 6.61 Å². The lowest BCUT2D eigenvalue weighted by atomic mass is 10.1. The molecular weight excluding hydrogens is 252 g/mol. The smallest absolute Gasteiger partial charge is 0.338 e. The van der Waals surface area contributed by atoms with E-state index in [0.717, 1.165) is 0 Å². The number of aliphatic hydroxyl groups excluding tert-OH is 1. The molecule has 0 aliphatic heterocycles. The Labute approximate surface area is 109 Å². The number of carbonyl (C=O) groups is 3. The molecule has 7 heteroatoms. The first-order valence-electron chi connectivity index (χ1n) is 5.45. The molecule has 1 aromatic carbocycles. The summed E-state index contributed by atoms with van der Waals surface area (Å²) < 4.78 is 4.72. The van der Waals surface area contributed by atoms with Gasteiger partial charge in [-0.1, -0.05) is 12.1 Å². The van der Waals surface area contributed by atoms with Crippen molar-refractivity contribution in [1.29, 1.82) is 0 Å². The third kappa shape index (κ3) is 4.76. The number of benzene rings is 1. The lowest BCUT2D eigenvalue weighted by molar-refractivity contribution is -0.123. The number of ether oxygens (including phenoxy) is 1. The molecule has 7 nitrogen and oxygen atoms in total. The quantitative estimate of drug-likeness (QED) is 0.654. The number of aliphatic hydroxyl groups is 1. The summed E-state index contributed by atoms with van der Waals surface area (Å²) in [5.74, 6) is -1.41. The zero-order chi connectivity index (χ0) is 14.3. The summed E-state index contributed by atoms with van der Waals surface area (Å²) in [5.41, 5.74) is 0.916. The second-order valence-electron chi connectivity index (χ2n) is 3.56. The lowest BCUT2D eigenvalue weighted by Crippen LogP contribution is -2.39. The minimum Gasteiger partial charge on any atom is -0.452 e. The summed E-state index contributed by atoms with van der Waals surface area (Å²) >= 11 is 0. The number of urea groups is 1. The van der Waals surface area contributed by atoms with Gasteiger partial charge in [-0.15, -0.1) is 0 Å². The topological polar surface area (TPSA) is 105 Å². The van der Waals surface area contributed by atoms with Gasteiger partial charge >= 0.3 is 12.0 Å². The Hall–Kier alpha value is -2.41. The maximum absolute atomic E-state index is 11.5. The fourth-order valence-electron chi connectivity index (χ4n) is 1.19. The zero-order valence-electron chi connectivity index (χ0n) is 10.3. The normalized spacial score (nSPS) is 9.58. The van der Waals surface area contributed by atoms with Crippen molar-refractivity contribution in [1.82, 2.24) is 10.6 Å². The average molecular weight is 266 g/mol.